The molecule has 0 aliphatic carbocycles. The van der Waals surface area contributed by atoms with Crippen LogP contribution in [-0.4, -0.2) is 44.1 Å². The molecule has 0 saturated heterocycles. The third-order valence-electron chi connectivity index (χ3n) is 2.85. The summed E-state index contributed by atoms with van der Waals surface area (Å²) in [4.78, 5) is 0. The number of rotatable bonds is 4. The minimum atomic E-state index is 0.441. The molecule has 0 aliphatic heterocycles. The van der Waals surface area contributed by atoms with E-state index in [0.717, 1.165) is 11.5 Å². The predicted octanol–water partition coefficient (Wildman–Crippen LogP) is 1.61. The van der Waals surface area contributed by atoms with Gasteiger partial charge in [0.2, 0.25) is 0 Å². The van der Waals surface area contributed by atoms with Gasteiger partial charge in [-0.15, -0.1) is 0 Å². The number of benzene rings is 2. The Morgan fingerprint density at radius 2 is 1.11 bits per heavy atom. The molecule has 2 rings (SSSR count). The Morgan fingerprint density at radius 1 is 0.722 bits per heavy atom. The fourth-order valence-electron chi connectivity index (χ4n) is 1.90. The summed E-state index contributed by atoms with van der Waals surface area (Å²) in [5.74, 6) is 6.40. The van der Waals surface area contributed by atoms with Gasteiger partial charge in [-0.3, -0.25) is 0 Å². The van der Waals surface area contributed by atoms with Gasteiger partial charge in [-0.25, -0.2) is 0 Å². The zero-order valence-corrected chi connectivity index (χ0v) is 14.4. The Hall–Kier alpha value is -0.661. The van der Waals surface area contributed by atoms with Gasteiger partial charge in [0.15, 0.2) is 0 Å². The van der Waals surface area contributed by atoms with Crippen molar-refractivity contribution < 1.29 is 9.47 Å². The average Bonchev–Trinajstić information content (AvgIpc) is 2.43. The normalized spacial score (nSPS) is 10.7. The van der Waals surface area contributed by atoms with Crippen molar-refractivity contribution in [1.29, 1.82) is 0 Å². The first-order valence-corrected chi connectivity index (χ1v) is 10.6. The van der Waals surface area contributed by atoms with Gasteiger partial charge in [0.25, 0.3) is 0 Å². The van der Waals surface area contributed by atoms with Crippen molar-refractivity contribution in [2.24, 2.45) is 0 Å². The fourth-order valence-corrected chi connectivity index (χ4v) is 4.37. The summed E-state index contributed by atoms with van der Waals surface area (Å²) in [6.45, 7) is 0. The first-order chi connectivity index (χ1) is 8.73. The summed E-state index contributed by atoms with van der Waals surface area (Å²) < 4.78 is 13.5. The molecule has 18 heavy (non-hydrogen) atoms. The van der Waals surface area contributed by atoms with Gasteiger partial charge in [0.05, 0.1) is 0 Å². The van der Waals surface area contributed by atoms with Gasteiger partial charge in [-0.2, -0.15) is 0 Å². The molecular weight excluding hydrogens is 358 g/mol. The van der Waals surface area contributed by atoms with Crippen LogP contribution in [0.2, 0.25) is 11.6 Å². The van der Waals surface area contributed by atoms with E-state index in [0.29, 0.717) is 29.9 Å². The van der Waals surface area contributed by atoms with E-state index in [-0.39, 0.29) is 0 Å². The number of ether oxygens (including phenoxy) is 2. The third-order valence-corrected chi connectivity index (χ3v) is 6.03. The molecule has 0 amide bonds. The molecular formula is C14H16O2Se2. The molecule has 0 radical (unpaired) electrons. The maximum absolute atomic E-state index is 5.45. The van der Waals surface area contributed by atoms with Gasteiger partial charge in [-0.1, -0.05) is 0 Å². The monoisotopic (exact) mass is 376 g/mol. The van der Waals surface area contributed by atoms with E-state index in [2.05, 4.69) is 35.9 Å². The molecule has 0 spiro atoms. The van der Waals surface area contributed by atoms with E-state index in [1.807, 2.05) is 0 Å². The maximum atomic E-state index is 5.45. The first-order valence-electron chi connectivity index (χ1n) is 5.51. The van der Waals surface area contributed by atoms with Crippen molar-refractivity contribution in [2.45, 2.75) is 11.6 Å². The molecule has 2 nitrogen and oxygen atoms in total. The quantitative estimate of drug-likeness (QED) is 0.758. The molecule has 0 atom stereocenters. The summed E-state index contributed by atoms with van der Waals surface area (Å²) in [6, 6.07) is 8.74. The Labute approximate surface area is 120 Å². The van der Waals surface area contributed by atoms with Crippen molar-refractivity contribution in [3.8, 4) is 11.5 Å². The zero-order chi connectivity index (χ0) is 13.1. The van der Waals surface area contributed by atoms with Crippen LogP contribution in [0.1, 0.15) is 0 Å². The standard InChI is InChI=1S/C14H16O2Se2/c1-15-11-5-9-6-12(16-2)14(18-4)8-10(9)7-13(11)17-3/h5-8H,1-4H3. The molecule has 2 aromatic carbocycles. The van der Waals surface area contributed by atoms with Crippen LogP contribution in [0.5, 0.6) is 11.5 Å². The molecule has 0 aliphatic rings. The van der Waals surface area contributed by atoms with Crippen LogP contribution in [0, 0.1) is 0 Å². The minimum absolute atomic E-state index is 0.441. The van der Waals surface area contributed by atoms with Crippen LogP contribution in [0.4, 0.5) is 0 Å². The van der Waals surface area contributed by atoms with E-state index < -0.39 is 0 Å². The summed E-state index contributed by atoms with van der Waals surface area (Å²) in [6.07, 6.45) is 0. The molecule has 96 valence electrons. The van der Waals surface area contributed by atoms with E-state index in [9.17, 15) is 0 Å². The molecule has 0 N–H and O–H groups in total. The topological polar surface area (TPSA) is 18.5 Å². The second-order valence-corrected chi connectivity index (χ2v) is 7.32. The second kappa shape index (κ2) is 5.99. The summed E-state index contributed by atoms with van der Waals surface area (Å²) in [5, 5.41) is 2.47. The summed E-state index contributed by atoms with van der Waals surface area (Å²) >= 11 is 0.883. The summed E-state index contributed by atoms with van der Waals surface area (Å²) in [7, 11) is 3.47. The van der Waals surface area contributed by atoms with Crippen molar-refractivity contribution in [3.63, 3.8) is 0 Å². The molecule has 0 bridgehead atoms. The molecule has 4 heteroatoms. The fraction of sp³-hybridized carbons (Fsp3) is 0.286. The van der Waals surface area contributed by atoms with E-state index in [1.165, 1.54) is 19.7 Å². The van der Waals surface area contributed by atoms with Gasteiger partial charge in [0, 0.05) is 0 Å². The molecule has 2 aromatic rings. The van der Waals surface area contributed by atoms with Gasteiger partial charge in [0.1, 0.15) is 0 Å². The first kappa shape index (κ1) is 13.8. The molecule has 0 heterocycles. The van der Waals surface area contributed by atoms with Crippen LogP contribution < -0.4 is 18.4 Å². The number of methoxy groups -OCH3 is 2. The Bertz CT molecular complexity index is 470. The van der Waals surface area contributed by atoms with Crippen LogP contribution in [0.25, 0.3) is 10.8 Å². The van der Waals surface area contributed by atoms with Crippen LogP contribution in [0.15, 0.2) is 24.3 Å². The van der Waals surface area contributed by atoms with E-state index in [4.69, 9.17) is 9.47 Å². The SMILES string of the molecule is COc1cc2cc(OC)c([Se]C)cc2cc1[Se]C. The molecule has 0 fully saturated rings. The average molecular weight is 374 g/mol. The Morgan fingerprint density at radius 3 is 1.44 bits per heavy atom. The van der Waals surface area contributed by atoms with Crippen molar-refractivity contribution in [2.75, 3.05) is 14.2 Å². The van der Waals surface area contributed by atoms with Gasteiger partial charge >= 0.3 is 121 Å². The van der Waals surface area contributed by atoms with Crippen LogP contribution >= 0.6 is 0 Å². The van der Waals surface area contributed by atoms with Crippen LogP contribution in [-0.2, 0) is 0 Å². The van der Waals surface area contributed by atoms with Crippen LogP contribution in [0.3, 0.4) is 0 Å². The second-order valence-electron chi connectivity index (χ2n) is 3.76. The van der Waals surface area contributed by atoms with Gasteiger partial charge < -0.3 is 0 Å². The van der Waals surface area contributed by atoms with Crippen molar-refractivity contribution in [1.82, 2.24) is 0 Å². The van der Waals surface area contributed by atoms with E-state index in [1.54, 1.807) is 14.2 Å². The van der Waals surface area contributed by atoms with Crippen molar-refractivity contribution >= 4 is 49.6 Å². The predicted molar refractivity (Wildman–Crippen MR) is 79.6 cm³/mol. The Balaban J connectivity index is 2.69. The van der Waals surface area contributed by atoms with Gasteiger partial charge in [-0.05, 0) is 0 Å². The third kappa shape index (κ3) is 2.53. The number of fused-ring (bicyclic) bond motifs is 1. The Kier molecular flexibility index (Phi) is 4.58. The molecule has 0 unspecified atom stereocenters. The van der Waals surface area contributed by atoms with Crippen molar-refractivity contribution in [3.05, 3.63) is 24.3 Å². The zero-order valence-electron chi connectivity index (χ0n) is 10.9. The molecule has 0 saturated carbocycles. The number of hydrogen-bond acceptors (Lipinski definition) is 2. The number of hydrogen-bond donors (Lipinski definition) is 0. The van der Waals surface area contributed by atoms with E-state index >= 15 is 0 Å². The summed E-state index contributed by atoms with van der Waals surface area (Å²) in [5.41, 5.74) is 0. The molecule has 0 aromatic heterocycles.